The number of aromatic nitrogens is 4. The molecule has 0 radical (unpaired) electrons. The van der Waals surface area contributed by atoms with Crippen LogP contribution < -0.4 is 0 Å². The molecule has 0 saturated heterocycles. The Balaban J connectivity index is 2.24. The molecule has 0 aliphatic rings. The van der Waals surface area contributed by atoms with Crippen LogP contribution in [0.3, 0.4) is 0 Å². The lowest BCUT2D eigenvalue weighted by molar-refractivity contribution is 0.150. The van der Waals surface area contributed by atoms with Crippen molar-refractivity contribution in [2.75, 3.05) is 0 Å². The maximum atomic E-state index is 12.6. The van der Waals surface area contributed by atoms with Crippen LogP contribution in [0.5, 0.6) is 0 Å². The first kappa shape index (κ1) is 15.7. The van der Waals surface area contributed by atoms with Crippen molar-refractivity contribution in [2.24, 2.45) is 0 Å². The Hall–Kier alpha value is -1.17. The van der Waals surface area contributed by atoms with Gasteiger partial charge in [-0.2, -0.15) is 0 Å². The summed E-state index contributed by atoms with van der Waals surface area (Å²) in [5, 5.41) is 6.75. The third-order valence-corrected chi connectivity index (χ3v) is 5.51. The van der Waals surface area contributed by atoms with E-state index in [4.69, 9.17) is 10.7 Å². The number of rotatable bonds is 3. The van der Waals surface area contributed by atoms with Gasteiger partial charge in [-0.25, -0.2) is 22.2 Å². The lowest BCUT2D eigenvalue weighted by atomic mass is 10.4. The summed E-state index contributed by atoms with van der Waals surface area (Å²) in [7, 11) is 1.38. The molecule has 6 nitrogen and oxygen atoms in total. The highest BCUT2D eigenvalue weighted by Gasteiger charge is 2.21. The Morgan fingerprint density at radius 2 is 2.05 bits per heavy atom. The third-order valence-electron chi connectivity index (χ3n) is 2.67. The van der Waals surface area contributed by atoms with Gasteiger partial charge >= 0.3 is 0 Å². The van der Waals surface area contributed by atoms with Crippen LogP contribution in [0, 0.1) is 0 Å². The van der Waals surface area contributed by atoms with Gasteiger partial charge in [-0.05, 0) is 28.1 Å². The smallest absolute Gasteiger partial charge is 0.291 e. The minimum Gasteiger partial charge on any atom is -0.295 e. The highest BCUT2D eigenvalue weighted by molar-refractivity contribution is 9.10. The van der Waals surface area contributed by atoms with Crippen LogP contribution in [0.25, 0.3) is 16.3 Å². The van der Waals surface area contributed by atoms with Crippen molar-refractivity contribution >= 4 is 52.5 Å². The molecule has 0 N–H and O–H groups in total. The predicted octanol–water partition coefficient (Wildman–Crippen LogP) is 3.48. The topological polar surface area (TPSA) is 77.2 Å². The van der Waals surface area contributed by atoms with Crippen LogP contribution in [0.4, 0.5) is 8.78 Å². The molecule has 0 aliphatic carbocycles. The predicted molar refractivity (Wildman–Crippen MR) is 79.8 cm³/mol. The average molecular weight is 430 g/mol. The second kappa shape index (κ2) is 5.48. The van der Waals surface area contributed by atoms with E-state index in [-0.39, 0.29) is 15.7 Å². The zero-order valence-corrected chi connectivity index (χ0v) is 14.2. The molecule has 116 valence electrons. The molecule has 0 atom stereocenters. The summed E-state index contributed by atoms with van der Waals surface area (Å²) in [4.78, 5) is 4.01. The van der Waals surface area contributed by atoms with E-state index >= 15 is 0 Å². The molecule has 0 unspecified atom stereocenters. The van der Waals surface area contributed by atoms with Crippen LogP contribution in [0.2, 0.25) is 0 Å². The van der Waals surface area contributed by atoms with Crippen molar-refractivity contribution in [3.05, 3.63) is 27.9 Å². The number of alkyl halides is 2. The number of fused-ring (bicyclic) bond motifs is 1. The van der Waals surface area contributed by atoms with E-state index < -0.39 is 20.5 Å². The Morgan fingerprint density at radius 1 is 1.32 bits per heavy atom. The van der Waals surface area contributed by atoms with Gasteiger partial charge in [-0.15, -0.1) is 10.2 Å². The minimum absolute atomic E-state index is 0.139. The first-order valence-electron chi connectivity index (χ1n) is 5.51. The number of hydrogen-bond donors (Lipinski definition) is 0. The van der Waals surface area contributed by atoms with Gasteiger partial charge in [0.05, 0.1) is 10.4 Å². The van der Waals surface area contributed by atoms with Crippen LogP contribution >= 0.6 is 37.9 Å². The molecule has 0 fully saturated rings. The summed E-state index contributed by atoms with van der Waals surface area (Å²) < 4.78 is 49.9. The molecule has 0 spiro atoms. The van der Waals surface area contributed by atoms with Crippen molar-refractivity contribution in [2.45, 2.75) is 11.3 Å². The van der Waals surface area contributed by atoms with Crippen molar-refractivity contribution in [1.82, 2.24) is 19.6 Å². The van der Waals surface area contributed by atoms with Crippen LogP contribution in [0.1, 0.15) is 11.4 Å². The van der Waals surface area contributed by atoms with Gasteiger partial charge < -0.3 is 0 Å². The molecule has 0 aliphatic heterocycles. The summed E-state index contributed by atoms with van der Waals surface area (Å²) in [6, 6.07) is 2.81. The van der Waals surface area contributed by atoms with E-state index in [1.165, 1.54) is 22.7 Å². The first-order chi connectivity index (χ1) is 10.3. The molecule has 3 heterocycles. The largest absolute Gasteiger partial charge is 0.295 e. The Bertz CT molecular complexity index is 973. The Kier molecular flexibility index (Phi) is 3.91. The molecular formula is C10H4BrClF2N4O2S2. The van der Waals surface area contributed by atoms with Crippen molar-refractivity contribution < 1.29 is 17.2 Å². The molecule has 3 aromatic rings. The quantitative estimate of drug-likeness (QED) is 0.596. The fraction of sp³-hybridized carbons (Fsp3) is 0.100. The lowest BCUT2D eigenvalue weighted by Gasteiger charge is -2.00. The molecular weight excluding hydrogens is 426 g/mol. The molecule has 0 aromatic carbocycles. The zero-order valence-electron chi connectivity index (χ0n) is 10.2. The molecule has 0 saturated carbocycles. The molecule has 3 aromatic heterocycles. The van der Waals surface area contributed by atoms with Gasteiger partial charge in [-0.1, -0.05) is 11.3 Å². The number of nitrogens with zero attached hydrogens (tertiary/aromatic N) is 4. The van der Waals surface area contributed by atoms with Gasteiger partial charge in [0.15, 0.2) is 15.8 Å². The first-order valence-corrected chi connectivity index (χ1v) is 9.43. The molecule has 12 heteroatoms. The van der Waals surface area contributed by atoms with E-state index in [0.29, 0.717) is 21.5 Å². The van der Waals surface area contributed by atoms with Gasteiger partial charge in [0.1, 0.15) is 4.60 Å². The number of halogens is 4. The van der Waals surface area contributed by atoms with Crippen molar-refractivity contribution in [3.63, 3.8) is 0 Å². The van der Waals surface area contributed by atoms with Crippen molar-refractivity contribution in [3.8, 4) is 10.8 Å². The molecule has 3 rings (SSSR count). The second-order valence-electron chi connectivity index (χ2n) is 4.03. The second-order valence-corrected chi connectivity index (χ2v) is 8.36. The third kappa shape index (κ3) is 2.73. The molecule has 22 heavy (non-hydrogen) atoms. The minimum atomic E-state index is -3.94. The summed E-state index contributed by atoms with van der Waals surface area (Å²) >= 11 is 3.90. The van der Waals surface area contributed by atoms with E-state index in [0.717, 1.165) is 0 Å². The number of hydrogen-bond acceptors (Lipinski definition) is 6. The fourth-order valence-electron chi connectivity index (χ4n) is 1.74. The van der Waals surface area contributed by atoms with E-state index in [1.807, 2.05) is 0 Å². The summed E-state index contributed by atoms with van der Waals surface area (Å²) in [6.07, 6.45) is -1.49. The standard InChI is InChI=1S/C10H4BrClF2N4O2S2/c11-6-5-2-1-4(22(12,19)20)3-18(5)8(15-6)10-17-16-9(21-10)7(13)14/h1-3,7H. The monoisotopic (exact) mass is 428 g/mol. The van der Waals surface area contributed by atoms with Crippen LogP contribution in [-0.4, -0.2) is 28.0 Å². The van der Waals surface area contributed by atoms with Gasteiger partial charge in [-0.3, -0.25) is 4.40 Å². The SMILES string of the molecule is O=S(=O)(Cl)c1ccc2c(Br)nc(-c3nnc(C(F)F)s3)n2c1. The van der Waals surface area contributed by atoms with E-state index in [2.05, 4.69) is 31.1 Å². The maximum absolute atomic E-state index is 12.6. The Morgan fingerprint density at radius 3 is 2.64 bits per heavy atom. The highest BCUT2D eigenvalue weighted by atomic mass is 79.9. The fourth-order valence-corrected chi connectivity index (χ4v) is 3.65. The zero-order chi connectivity index (χ0) is 16.1. The molecule has 0 amide bonds. The maximum Gasteiger partial charge on any atom is 0.291 e. The summed E-state index contributed by atoms with van der Waals surface area (Å²) in [6.45, 7) is 0. The van der Waals surface area contributed by atoms with Crippen LogP contribution in [-0.2, 0) is 9.05 Å². The lowest BCUT2D eigenvalue weighted by Crippen LogP contribution is -1.95. The Labute approximate surface area is 139 Å². The van der Waals surface area contributed by atoms with Gasteiger partial charge in [0.25, 0.3) is 15.5 Å². The summed E-state index contributed by atoms with van der Waals surface area (Å²) in [5.41, 5.74) is 0.535. The number of imidazole rings is 1. The van der Waals surface area contributed by atoms with Gasteiger partial charge in [0, 0.05) is 16.9 Å². The number of pyridine rings is 1. The van der Waals surface area contributed by atoms with Crippen LogP contribution in [0.15, 0.2) is 27.8 Å². The van der Waals surface area contributed by atoms with E-state index in [1.54, 1.807) is 0 Å². The van der Waals surface area contributed by atoms with Gasteiger partial charge in [0.2, 0.25) is 0 Å². The van der Waals surface area contributed by atoms with E-state index in [9.17, 15) is 17.2 Å². The highest BCUT2D eigenvalue weighted by Crippen LogP contribution is 2.32. The molecule has 0 bridgehead atoms. The average Bonchev–Trinajstić information content (AvgIpc) is 3.03. The summed E-state index contributed by atoms with van der Waals surface area (Å²) in [5.74, 6) is 0.188. The normalized spacial score (nSPS) is 12.4. The van der Waals surface area contributed by atoms with Crippen molar-refractivity contribution in [1.29, 1.82) is 0 Å².